The van der Waals surface area contributed by atoms with E-state index in [1.54, 1.807) is 12.4 Å². The van der Waals surface area contributed by atoms with E-state index in [1.807, 2.05) is 25.4 Å². The van der Waals surface area contributed by atoms with Crippen LogP contribution in [0, 0.1) is 0 Å². The number of hydrogen-bond donors (Lipinski definition) is 1. The molecule has 0 bridgehead atoms. The highest BCUT2D eigenvalue weighted by molar-refractivity contribution is 6.31. The smallest absolute Gasteiger partial charge is 0.128 e. The molecule has 0 saturated heterocycles. The summed E-state index contributed by atoms with van der Waals surface area (Å²) in [6, 6.07) is 6.45. The van der Waals surface area contributed by atoms with Crippen molar-refractivity contribution in [3.8, 4) is 0 Å². The van der Waals surface area contributed by atoms with Gasteiger partial charge in [-0.1, -0.05) is 31.5 Å². The van der Waals surface area contributed by atoms with E-state index in [1.165, 1.54) is 0 Å². The van der Waals surface area contributed by atoms with E-state index in [0.29, 0.717) is 11.1 Å². The Morgan fingerprint density at radius 1 is 1.33 bits per heavy atom. The monoisotopic (exact) mass is 304 g/mol. The van der Waals surface area contributed by atoms with Gasteiger partial charge >= 0.3 is 0 Å². The third-order valence-corrected chi connectivity index (χ3v) is 3.49. The first-order chi connectivity index (χ1) is 10.1. The molecule has 0 saturated carbocycles. The molecule has 0 radical (unpaired) electrons. The van der Waals surface area contributed by atoms with E-state index in [4.69, 9.17) is 11.6 Å². The minimum Gasteiger partial charge on any atom is -0.355 e. The van der Waals surface area contributed by atoms with E-state index >= 15 is 0 Å². The average Bonchev–Trinajstić information content (AvgIpc) is 2.47. The molecule has 0 amide bonds. The lowest BCUT2D eigenvalue weighted by atomic mass is 10.2. The van der Waals surface area contributed by atoms with Crippen molar-refractivity contribution in [3.05, 3.63) is 52.9 Å². The van der Waals surface area contributed by atoms with Gasteiger partial charge in [-0.25, -0.2) is 4.98 Å². The molecular formula is C16H21ClN4. The predicted molar refractivity (Wildman–Crippen MR) is 87.6 cm³/mol. The lowest BCUT2D eigenvalue weighted by molar-refractivity contribution is 0.588. The van der Waals surface area contributed by atoms with Gasteiger partial charge in [-0.05, 0) is 23.3 Å². The number of hydrogen-bond acceptors (Lipinski definition) is 4. The number of nitrogens with one attached hydrogen (secondary N) is 1. The number of pyridine rings is 2. The zero-order valence-corrected chi connectivity index (χ0v) is 13.4. The first-order valence-corrected chi connectivity index (χ1v) is 7.42. The Morgan fingerprint density at radius 2 is 2.14 bits per heavy atom. The van der Waals surface area contributed by atoms with Gasteiger partial charge in [-0.15, -0.1) is 0 Å². The molecule has 0 spiro atoms. The Kier molecular flexibility index (Phi) is 5.53. The van der Waals surface area contributed by atoms with Crippen LogP contribution >= 0.6 is 11.6 Å². The molecule has 5 heteroatoms. The lowest BCUT2D eigenvalue weighted by Gasteiger charge is -2.19. The van der Waals surface area contributed by atoms with E-state index in [-0.39, 0.29) is 0 Å². The third kappa shape index (κ3) is 4.69. The zero-order valence-electron chi connectivity index (χ0n) is 12.7. The number of halogens is 1. The van der Waals surface area contributed by atoms with Crippen LogP contribution in [0.2, 0.25) is 5.02 Å². The van der Waals surface area contributed by atoms with E-state index in [9.17, 15) is 0 Å². The predicted octanol–water partition coefficient (Wildman–Crippen LogP) is 3.26. The first kappa shape index (κ1) is 15.7. The highest BCUT2D eigenvalue weighted by atomic mass is 35.5. The molecule has 0 aliphatic rings. The SMILES string of the molecule is CC(C)NCc1cc(N(C)Cc2cccnc2)ncc1Cl. The summed E-state index contributed by atoms with van der Waals surface area (Å²) in [4.78, 5) is 10.6. The Balaban J connectivity index is 2.10. The highest BCUT2D eigenvalue weighted by Gasteiger charge is 2.08. The molecule has 0 fully saturated rings. The van der Waals surface area contributed by atoms with Crippen molar-refractivity contribution in [1.82, 2.24) is 15.3 Å². The fourth-order valence-electron chi connectivity index (χ4n) is 1.97. The number of anilines is 1. The molecule has 1 N–H and O–H groups in total. The maximum Gasteiger partial charge on any atom is 0.128 e. The van der Waals surface area contributed by atoms with Gasteiger partial charge < -0.3 is 10.2 Å². The van der Waals surface area contributed by atoms with Crippen LogP contribution in [0.1, 0.15) is 25.0 Å². The van der Waals surface area contributed by atoms with Gasteiger partial charge in [0.2, 0.25) is 0 Å². The zero-order chi connectivity index (χ0) is 15.2. The average molecular weight is 305 g/mol. The Labute approximate surface area is 131 Å². The molecule has 2 rings (SSSR count). The second-order valence-corrected chi connectivity index (χ2v) is 5.79. The van der Waals surface area contributed by atoms with Gasteiger partial charge in [-0.3, -0.25) is 4.98 Å². The van der Waals surface area contributed by atoms with Crippen LogP contribution in [-0.4, -0.2) is 23.1 Å². The topological polar surface area (TPSA) is 41.0 Å². The normalized spacial score (nSPS) is 10.9. The fourth-order valence-corrected chi connectivity index (χ4v) is 2.14. The largest absolute Gasteiger partial charge is 0.355 e. The van der Waals surface area contributed by atoms with Gasteiger partial charge in [0.15, 0.2) is 0 Å². The maximum absolute atomic E-state index is 6.21. The van der Waals surface area contributed by atoms with Gasteiger partial charge in [-0.2, -0.15) is 0 Å². The molecule has 0 atom stereocenters. The lowest BCUT2D eigenvalue weighted by Crippen LogP contribution is -2.23. The van der Waals surface area contributed by atoms with E-state index < -0.39 is 0 Å². The summed E-state index contributed by atoms with van der Waals surface area (Å²) < 4.78 is 0. The van der Waals surface area contributed by atoms with Gasteiger partial charge in [0, 0.05) is 44.8 Å². The summed E-state index contributed by atoms with van der Waals surface area (Å²) in [5, 5.41) is 4.07. The minimum absolute atomic E-state index is 0.422. The summed E-state index contributed by atoms with van der Waals surface area (Å²) in [6.45, 7) is 5.74. The number of aromatic nitrogens is 2. The molecule has 0 aliphatic heterocycles. The standard InChI is InChI=1S/C16H21ClN4/c1-12(2)19-9-14-7-16(20-10-15(14)17)21(3)11-13-5-4-6-18-8-13/h4-8,10,12,19H,9,11H2,1-3H3. The fraction of sp³-hybridized carbons (Fsp3) is 0.375. The summed E-state index contributed by atoms with van der Waals surface area (Å²) in [5.74, 6) is 0.906. The maximum atomic E-state index is 6.21. The summed E-state index contributed by atoms with van der Waals surface area (Å²) in [6.07, 6.45) is 5.36. The third-order valence-electron chi connectivity index (χ3n) is 3.15. The van der Waals surface area contributed by atoms with Crippen LogP contribution in [0.4, 0.5) is 5.82 Å². The van der Waals surface area contributed by atoms with Crippen LogP contribution in [0.25, 0.3) is 0 Å². The molecule has 4 nitrogen and oxygen atoms in total. The molecule has 0 unspecified atom stereocenters. The van der Waals surface area contributed by atoms with Gasteiger partial charge in [0.25, 0.3) is 0 Å². The summed E-state index contributed by atoms with van der Waals surface area (Å²) in [7, 11) is 2.02. The van der Waals surface area contributed by atoms with Crippen molar-refractivity contribution < 1.29 is 0 Å². The Hall–Kier alpha value is -1.65. The minimum atomic E-state index is 0.422. The second-order valence-electron chi connectivity index (χ2n) is 5.39. The van der Waals surface area contributed by atoms with Crippen molar-refractivity contribution in [3.63, 3.8) is 0 Å². The molecule has 21 heavy (non-hydrogen) atoms. The number of rotatable bonds is 6. The Bertz CT molecular complexity index is 572. The van der Waals surface area contributed by atoms with Crippen molar-refractivity contribution in [1.29, 1.82) is 0 Å². The van der Waals surface area contributed by atoms with Gasteiger partial charge in [0.1, 0.15) is 5.82 Å². The van der Waals surface area contributed by atoms with E-state index in [2.05, 4.69) is 40.1 Å². The summed E-state index contributed by atoms with van der Waals surface area (Å²) in [5.41, 5.74) is 2.21. The molecule has 2 aromatic rings. The number of nitrogens with zero attached hydrogens (tertiary/aromatic N) is 3. The van der Waals surface area contributed by atoms with E-state index in [0.717, 1.165) is 30.0 Å². The van der Waals surface area contributed by atoms with Crippen LogP contribution in [0.5, 0.6) is 0 Å². The molecular weight excluding hydrogens is 284 g/mol. The van der Waals surface area contributed by atoms with Crippen LogP contribution in [0.3, 0.4) is 0 Å². The molecule has 2 heterocycles. The Morgan fingerprint density at radius 3 is 2.81 bits per heavy atom. The van der Waals surface area contributed by atoms with Crippen molar-refractivity contribution in [2.45, 2.75) is 33.0 Å². The quantitative estimate of drug-likeness (QED) is 0.889. The van der Waals surface area contributed by atoms with Crippen molar-refractivity contribution in [2.75, 3.05) is 11.9 Å². The molecule has 2 aromatic heterocycles. The first-order valence-electron chi connectivity index (χ1n) is 7.04. The second kappa shape index (κ2) is 7.38. The van der Waals surface area contributed by atoms with Crippen molar-refractivity contribution >= 4 is 17.4 Å². The molecule has 112 valence electrons. The van der Waals surface area contributed by atoms with Crippen LogP contribution < -0.4 is 10.2 Å². The highest BCUT2D eigenvalue weighted by Crippen LogP contribution is 2.21. The summed E-state index contributed by atoms with van der Waals surface area (Å²) >= 11 is 6.21. The molecule has 0 aromatic carbocycles. The van der Waals surface area contributed by atoms with Crippen molar-refractivity contribution in [2.24, 2.45) is 0 Å². The van der Waals surface area contributed by atoms with Gasteiger partial charge in [0.05, 0.1) is 5.02 Å². The van der Waals surface area contributed by atoms with Crippen LogP contribution in [0.15, 0.2) is 36.8 Å². The van der Waals surface area contributed by atoms with Crippen LogP contribution in [-0.2, 0) is 13.1 Å². The molecule has 0 aliphatic carbocycles.